The van der Waals surface area contributed by atoms with Gasteiger partial charge in [0.2, 0.25) is 11.7 Å². The average Bonchev–Trinajstić information content (AvgIpc) is 3.19. The van der Waals surface area contributed by atoms with Gasteiger partial charge in [-0.2, -0.15) is 4.98 Å². The van der Waals surface area contributed by atoms with E-state index in [0.717, 1.165) is 18.7 Å². The Hall–Kier alpha value is -2.61. The van der Waals surface area contributed by atoms with Crippen LogP contribution in [0.15, 0.2) is 47.2 Å². The number of hydrogen-bond acceptors (Lipinski definition) is 7. The molecular formula is C26H34N4O3. The molecule has 3 aromatic rings. The van der Waals surface area contributed by atoms with Crippen molar-refractivity contribution >= 4 is 0 Å². The summed E-state index contributed by atoms with van der Waals surface area (Å²) in [6.07, 6.45) is 3.64. The van der Waals surface area contributed by atoms with Crippen LogP contribution in [0.2, 0.25) is 0 Å². The van der Waals surface area contributed by atoms with E-state index in [4.69, 9.17) is 4.52 Å². The van der Waals surface area contributed by atoms with Crippen molar-refractivity contribution < 1.29 is 14.7 Å². The minimum absolute atomic E-state index is 0.254. The van der Waals surface area contributed by atoms with E-state index < -0.39 is 11.2 Å². The van der Waals surface area contributed by atoms with E-state index in [1.807, 2.05) is 18.2 Å². The Balaban J connectivity index is 1.76. The molecular weight excluding hydrogens is 416 g/mol. The minimum Gasteiger partial charge on any atom is -0.390 e. The molecule has 2 aromatic heterocycles. The van der Waals surface area contributed by atoms with Crippen molar-refractivity contribution in [3.8, 4) is 11.4 Å². The fourth-order valence-corrected chi connectivity index (χ4v) is 4.92. The predicted molar refractivity (Wildman–Crippen MR) is 127 cm³/mol. The first-order valence-electron chi connectivity index (χ1n) is 11.4. The highest BCUT2D eigenvalue weighted by Gasteiger charge is 2.55. The second-order valence-electron chi connectivity index (χ2n) is 10.7. The smallest absolute Gasteiger partial charge is 0.229 e. The minimum atomic E-state index is -1.24. The molecule has 0 bridgehead atoms. The zero-order valence-corrected chi connectivity index (χ0v) is 20.3. The van der Waals surface area contributed by atoms with E-state index in [1.165, 1.54) is 5.56 Å². The van der Waals surface area contributed by atoms with Gasteiger partial charge in [0.1, 0.15) is 5.60 Å². The van der Waals surface area contributed by atoms with Crippen LogP contribution in [0.25, 0.3) is 11.4 Å². The SMILES string of the molecule is CC(C)c1ccc(C(O)(c2cncc(-c3noc(CC(C)(C)O)n3)c2)C2(C)CN(C)C2)cc1. The van der Waals surface area contributed by atoms with Gasteiger partial charge in [-0.15, -0.1) is 0 Å². The predicted octanol–water partition coefficient (Wildman–Crippen LogP) is 3.76. The quantitative estimate of drug-likeness (QED) is 0.566. The van der Waals surface area contributed by atoms with Crippen LogP contribution in [0.1, 0.15) is 63.1 Å². The van der Waals surface area contributed by atoms with E-state index in [2.05, 4.69) is 60.0 Å². The van der Waals surface area contributed by atoms with Crippen molar-refractivity contribution in [1.29, 1.82) is 0 Å². The number of likely N-dealkylation sites (tertiary alicyclic amines) is 1. The monoisotopic (exact) mass is 450 g/mol. The van der Waals surface area contributed by atoms with Crippen LogP contribution in [-0.2, 0) is 12.0 Å². The number of hydrogen-bond donors (Lipinski definition) is 2. The largest absolute Gasteiger partial charge is 0.390 e. The van der Waals surface area contributed by atoms with Gasteiger partial charge in [-0.25, -0.2) is 0 Å². The van der Waals surface area contributed by atoms with Gasteiger partial charge in [0.05, 0.1) is 12.0 Å². The van der Waals surface area contributed by atoms with Crippen molar-refractivity contribution in [2.45, 2.75) is 58.2 Å². The summed E-state index contributed by atoms with van der Waals surface area (Å²) in [5.74, 6) is 1.16. The lowest BCUT2D eigenvalue weighted by molar-refractivity contribution is -0.127. The van der Waals surface area contributed by atoms with Crippen molar-refractivity contribution in [3.05, 3.63) is 65.3 Å². The molecule has 0 aliphatic carbocycles. The van der Waals surface area contributed by atoms with Gasteiger partial charge in [-0.1, -0.05) is 50.2 Å². The molecule has 1 saturated heterocycles. The topological polar surface area (TPSA) is 95.5 Å². The standard InChI is InChI=1S/C26H34N4O3/c1-17(2)18-7-9-20(10-8-18)26(32,25(5)15-30(6)16-25)21-11-19(13-27-14-21)23-28-22(33-29-23)12-24(3,4)31/h7-11,13-14,17,31-32H,12,15-16H2,1-6H3. The Morgan fingerprint density at radius 3 is 2.33 bits per heavy atom. The van der Waals surface area contributed by atoms with Gasteiger partial charge in [0.25, 0.3) is 0 Å². The summed E-state index contributed by atoms with van der Waals surface area (Å²) >= 11 is 0. The second-order valence-corrected chi connectivity index (χ2v) is 10.7. The van der Waals surface area contributed by atoms with Gasteiger partial charge >= 0.3 is 0 Å². The maximum absolute atomic E-state index is 12.3. The first-order chi connectivity index (χ1) is 15.4. The van der Waals surface area contributed by atoms with E-state index in [0.29, 0.717) is 28.8 Å². The first kappa shape index (κ1) is 23.5. The molecule has 7 nitrogen and oxygen atoms in total. The lowest BCUT2D eigenvalue weighted by Gasteiger charge is -2.55. The van der Waals surface area contributed by atoms with E-state index >= 15 is 0 Å². The average molecular weight is 451 g/mol. The zero-order valence-electron chi connectivity index (χ0n) is 20.3. The summed E-state index contributed by atoms with van der Waals surface area (Å²) < 4.78 is 5.34. The highest BCUT2D eigenvalue weighted by atomic mass is 16.5. The van der Waals surface area contributed by atoms with Gasteiger partial charge in [-0.3, -0.25) is 4.98 Å². The number of pyridine rings is 1. The molecule has 0 amide bonds. The first-order valence-corrected chi connectivity index (χ1v) is 11.4. The van der Waals surface area contributed by atoms with Crippen molar-refractivity contribution in [2.75, 3.05) is 20.1 Å². The summed E-state index contributed by atoms with van der Waals surface area (Å²) in [4.78, 5) is 11.1. The van der Waals surface area contributed by atoms with Gasteiger partial charge in [0, 0.05) is 42.0 Å². The van der Waals surface area contributed by atoms with Crippen LogP contribution >= 0.6 is 0 Å². The number of nitrogens with zero attached hydrogens (tertiary/aromatic N) is 4. The summed E-state index contributed by atoms with van der Waals surface area (Å²) in [6, 6.07) is 10.1. The molecule has 2 N–H and O–H groups in total. The van der Waals surface area contributed by atoms with Crippen LogP contribution in [-0.4, -0.2) is 56.0 Å². The fraction of sp³-hybridized carbons (Fsp3) is 0.500. The molecule has 33 heavy (non-hydrogen) atoms. The Morgan fingerprint density at radius 1 is 1.09 bits per heavy atom. The number of rotatable bonds is 7. The van der Waals surface area contributed by atoms with Crippen LogP contribution in [0.3, 0.4) is 0 Å². The third kappa shape index (κ3) is 4.45. The molecule has 4 rings (SSSR count). The maximum Gasteiger partial charge on any atom is 0.229 e. The van der Waals surface area contributed by atoms with Gasteiger partial charge in [0.15, 0.2) is 0 Å². The normalized spacial score (nSPS) is 18.2. The van der Waals surface area contributed by atoms with E-state index in [1.54, 1.807) is 26.2 Å². The lowest BCUT2D eigenvalue weighted by Crippen LogP contribution is -2.63. The van der Waals surface area contributed by atoms with Gasteiger partial charge in [-0.05, 0) is 44.0 Å². The van der Waals surface area contributed by atoms with Crippen molar-refractivity contribution in [2.24, 2.45) is 5.41 Å². The van der Waals surface area contributed by atoms with Gasteiger partial charge < -0.3 is 19.6 Å². The van der Waals surface area contributed by atoms with E-state index in [-0.39, 0.29) is 11.8 Å². The van der Waals surface area contributed by atoms with Crippen molar-refractivity contribution in [1.82, 2.24) is 20.0 Å². The third-order valence-corrected chi connectivity index (χ3v) is 6.57. The number of benzene rings is 1. The molecule has 1 atom stereocenters. The molecule has 1 aliphatic rings. The maximum atomic E-state index is 12.3. The highest BCUT2D eigenvalue weighted by molar-refractivity contribution is 5.56. The Kier molecular flexibility index (Phi) is 5.93. The van der Waals surface area contributed by atoms with Crippen LogP contribution in [0, 0.1) is 5.41 Å². The molecule has 1 unspecified atom stereocenters. The van der Waals surface area contributed by atoms with Crippen LogP contribution in [0.5, 0.6) is 0 Å². The molecule has 3 heterocycles. The Labute approximate surface area is 195 Å². The molecule has 1 aliphatic heterocycles. The molecule has 0 spiro atoms. The lowest BCUT2D eigenvalue weighted by atomic mass is 9.62. The fourth-order valence-electron chi connectivity index (χ4n) is 4.92. The number of aliphatic hydroxyl groups is 2. The van der Waals surface area contributed by atoms with Crippen molar-refractivity contribution in [3.63, 3.8) is 0 Å². The highest BCUT2D eigenvalue weighted by Crippen LogP contribution is 2.50. The van der Waals surface area contributed by atoms with Crippen LogP contribution in [0.4, 0.5) is 0 Å². The molecule has 176 valence electrons. The molecule has 7 heteroatoms. The molecule has 1 aromatic carbocycles. The zero-order chi connectivity index (χ0) is 24.0. The van der Waals surface area contributed by atoms with E-state index in [9.17, 15) is 10.2 Å². The summed E-state index contributed by atoms with van der Waals surface area (Å²) in [6.45, 7) is 11.4. The summed E-state index contributed by atoms with van der Waals surface area (Å²) in [5.41, 5.74) is 0.861. The summed E-state index contributed by atoms with van der Waals surface area (Å²) in [7, 11) is 2.06. The molecule has 0 radical (unpaired) electrons. The second kappa shape index (κ2) is 8.31. The summed E-state index contributed by atoms with van der Waals surface area (Å²) in [5, 5.41) is 26.5. The third-order valence-electron chi connectivity index (χ3n) is 6.57. The Bertz CT molecular complexity index is 1110. The Morgan fingerprint density at radius 2 is 1.76 bits per heavy atom. The molecule has 0 saturated carbocycles. The number of aromatic nitrogens is 3. The van der Waals surface area contributed by atoms with Crippen LogP contribution < -0.4 is 0 Å². The molecule has 1 fully saturated rings.